The molecule has 0 saturated heterocycles. The number of pyridine rings is 1. The van der Waals surface area contributed by atoms with Gasteiger partial charge in [0.25, 0.3) is 0 Å². The van der Waals surface area contributed by atoms with Crippen LogP contribution in [-0.4, -0.2) is 14.1 Å². The molecule has 0 aliphatic heterocycles. The van der Waals surface area contributed by atoms with Crippen molar-refractivity contribution in [3.8, 4) is 33.8 Å². The van der Waals surface area contributed by atoms with E-state index in [-0.39, 0.29) is 0 Å². The lowest BCUT2D eigenvalue weighted by Crippen LogP contribution is -2.03. The van der Waals surface area contributed by atoms with Gasteiger partial charge in [-0.2, -0.15) is 0 Å². The summed E-state index contributed by atoms with van der Waals surface area (Å²) in [4.78, 5) is 5.40. The van der Waals surface area contributed by atoms with E-state index in [4.69, 9.17) is 9.40 Å². The summed E-state index contributed by atoms with van der Waals surface area (Å²) in [5, 5.41) is 9.42. The highest BCUT2D eigenvalue weighted by atomic mass is 16.3. The highest BCUT2D eigenvalue weighted by Crippen LogP contribution is 2.43. The van der Waals surface area contributed by atoms with Crippen LogP contribution in [0.4, 0.5) is 0 Å². The molecule has 0 fully saturated rings. The van der Waals surface area contributed by atoms with Crippen LogP contribution in [0.25, 0.3) is 116 Å². The van der Waals surface area contributed by atoms with Crippen LogP contribution in [-0.2, 0) is 6.42 Å². The van der Waals surface area contributed by atoms with Gasteiger partial charge in [-0.15, -0.1) is 0 Å². The Kier molecular flexibility index (Phi) is 6.81. The van der Waals surface area contributed by atoms with Crippen molar-refractivity contribution in [2.45, 2.75) is 12.8 Å². The predicted octanol–water partition coefficient (Wildman–Crippen LogP) is 14.6. The monoisotopic (exact) mass is 753 g/mol. The quantitative estimate of drug-likeness (QED) is 0.168. The lowest BCUT2D eigenvalue weighted by Gasteiger charge is -2.18. The first-order valence-electron chi connectivity index (χ1n) is 20.4. The van der Waals surface area contributed by atoms with Crippen LogP contribution in [0.1, 0.15) is 17.7 Å². The molecule has 0 N–H and O–H groups in total. The second-order valence-corrected chi connectivity index (χ2v) is 15.8. The van der Waals surface area contributed by atoms with Gasteiger partial charge in [0.1, 0.15) is 11.2 Å². The number of nitrogens with zero attached hydrogens (tertiary/aromatic N) is 3. The van der Waals surface area contributed by atoms with Crippen LogP contribution in [0.15, 0.2) is 186 Å². The molecule has 276 valence electrons. The summed E-state index contributed by atoms with van der Waals surface area (Å²) < 4.78 is 11.4. The van der Waals surface area contributed by atoms with Crippen molar-refractivity contribution in [2.75, 3.05) is 0 Å². The van der Waals surface area contributed by atoms with Crippen LogP contribution in [0.5, 0.6) is 0 Å². The van der Waals surface area contributed by atoms with Gasteiger partial charge in [-0.3, -0.25) is 0 Å². The molecule has 13 rings (SSSR count). The minimum Gasteiger partial charge on any atom is -0.456 e. The summed E-state index contributed by atoms with van der Waals surface area (Å²) in [5.41, 5.74) is 15.6. The molecule has 59 heavy (non-hydrogen) atoms. The van der Waals surface area contributed by atoms with E-state index in [9.17, 15) is 0 Å². The number of rotatable bonds is 4. The zero-order chi connectivity index (χ0) is 38.6. The molecule has 12 aromatic rings. The maximum Gasteiger partial charge on any atom is 0.136 e. The Bertz CT molecular complexity index is 3680. The fourth-order valence-electron chi connectivity index (χ4n) is 9.99. The Balaban J connectivity index is 1.14. The molecule has 1 aliphatic rings. The molecule has 8 aromatic carbocycles. The van der Waals surface area contributed by atoms with Crippen molar-refractivity contribution >= 4 is 82.4 Å². The molecule has 0 unspecified atom stereocenters. The lowest BCUT2D eigenvalue weighted by atomic mass is 9.94. The molecule has 0 radical (unpaired) electrons. The summed E-state index contributed by atoms with van der Waals surface area (Å²) in [5.74, 6) is 0. The maximum absolute atomic E-state index is 6.50. The number of allylic oxidation sites excluding steroid dienone is 1. The van der Waals surface area contributed by atoms with Crippen molar-refractivity contribution in [3.05, 3.63) is 193 Å². The van der Waals surface area contributed by atoms with Crippen molar-refractivity contribution < 1.29 is 4.42 Å². The van der Waals surface area contributed by atoms with Crippen molar-refractivity contribution in [1.82, 2.24) is 14.1 Å². The van der Waals surface area contributed by atoms with Crippen molar-refractivity contribution in [1.29, 1.82) is 0 Å². The Hall–Kier alpha value is -7.69. The molecular weight excluding hydrogens is 719 g/mol. The molecule has 0 atom stereocenters. The number of benzene rings is 8. The fraction of sp³-hybridized carbons (Fsp3) is 0.0364. The largest absolute Gasteiger partial charge is 0.456 e. The van der Waals surface area contributed by atoms with E-state index in [2.05, 4.69) is 191 Å². The summed E-state index contributed by atoms with van der Waals surface area (Å²) in [7, 11) is 0. The van der Waals surface area contributed by atoms with Gasteiger partial charge in [-0.1, -0.05) is 115 Å². The number of hydrogen-bond donors (Lipinski definition) is 0. The minimum atomic E-state index is 0.878. The minimum absolute atomic E-state index is 0.878. The predicted molar refractivity (Wildman–Crippen MR) is 246 cm³/mol. The van der Waals surface area contributed by atoms with Gasteiger partial charge in [0, 0.05) is 65.7 Å². The van der Waals surface area contributed by atoms with Gasteiger partial charge in [0.2, 0.25) is 0 Å². The van der Waals surface area contributed by atoms with E-state index in [1.54, 1.807) is 0 Å². The van der Waals surface area contributed by atoms with E-state index >= 15 is 0 Å². The standard InChI is InChI=1S/C55H35N3O/c1-2-14-34(15-3-1)55-44-27-29-52-54(43-20-8-13-25-51(43)59-52)53(44)45-32-35(26-28-46(45)56-55)36-30-37(57-47-21-9-4-16-39(47)40-17-5-10-22-48(40)57)33-38(31-36)58-49-23-11-6-18-41(49)42-19-7-12-24-50(42)58/h1-6,8-18,20-33H,7,19H2. The summed E-state index contributed by atoms with van der Waals surface area (Å²) >= 11 is 0. The molecule has 0 bridgehead atoms. The zero-order valence-electron chi connectivity index (χ0n) is 32.1. The third-order valence-electron chi connectivity index (χ3n) is 12.5. The van der Waals surface area contributed by atoms with Crippen LogP contribution in [0.3, 0.4) is 0 Å². The Morgan fingerprint density at radius 2 is 1.10 bits per heavy atom. The van der Waals surface area contributed by atoms with Crippen LogP contribution in [0, 0.1) is 0 Å². The highest BCUT2D eigenvalue weighted by molar-refractivity contribution is 6.28. The van der Waals surface area contributed by atoms with E-state index in [0.29, 0.717) is 0 Å². The third kappa shape index (κ3) is 4.74. The van der Waals surface area contributed by atoms with Crippen molar-refractivity contribution in [3.63, 3.8) is 0 Å². The summed E-state index contributed by atoms with van der Waals surface area (Å²) in [6, 6.07) is 63.6. The van der Waals surface area contributed by atoms with Gasteiger partial charge in [-0.25, -0.2) is 4.98 Å². The summed E-state index contributed by atoms with van der Waals surface area (Å²) in [6.45, 7) is 0. The normalized spacial score (nSPS) is 12.9. The van der Waals surface area contributed by atoms with Crippen LogP contribution < -0.4 is 0 Å². The number of furan rings is 1. The molecule has 4 nitrogen and oxygen atoms in total. The Labute approximate surface area is 339 Å². The van der Waals surface area contributed by atoms with E-state index in [0.717, 1.165) is 90.2 Å². The summed E-state index contributed by atoms with van der Waals surface area (Å²) in [6.07, 6.45) is 6.73. The number of aryl methyl sites for hydroxylation is 1. The van der Waals surface area contributed by atoms with E-state index in [1.807, 2.05) is 6.07 Å². The number of aromatic nitrogens is 3. The molecule has 1 aliphatic carbocycles. The first-order valence-corrected chi connectivity index (χ1v) is 20.4. The zero-order valence-corrected chi connectivity index (χ0v) is 32.1. The Morgan fingerprint density at radius 3 is 1.88 bits per heavy atom. The smallest absolute Gasteiger partial charge is 0.136 e. The number of hydrogen-bond acceptors (Lipinski definition) is 2. The van der Waals surface area contributed by atoms with Gasteiger partial charge in [-0.05, 0) is 102 Å². The van der Waals surface area contributed by atoms with Gasteiger partial charge >= 0.3 is 0 Å². The average Bonchev–Trinajstić information content (AvgIpc) is 3.97. The number of fused-ring (bicyclic) bond motifs is 13. The van der Waals surface area contributed by atoms with Crippen molar-refractivity contribution in [2.24, 2.45) is 0 Å². The van der Waals surface area contributed by atoms with Crippen LogP contribution in [0.2, 0.25) is 0 Å². The van der Waals surface area contributed by atoms with E-state index < -0.39 is 0 Å². The Morgan fingerprint density at radius 1 is 0.441 bits per heavy atom. The molecule has 4 heterocycles. The fourth-order valence-corrected chi connectivity index (χ4v) is 9.99. The molecule has 0 spiro atoms. The number of para-hydroxylation sites is 4. The molecule has 0 amide bonds. The second kappa shape index (κ2) is 12.4. The topological polar surface area (TPSA) is 35.9 Å². The SMILES string of the molecule is C1=Cc2c(c3ccccc3n2-c2cc(-c3ccc4nc(-c5ccccc5)c5ccc6oc7ccccc7c6c5c4c3)cc(-n3c4ccccc4c4ccccc43)c2)CC1. The average molecular weight is 754 g/mol. The van der Waals surface area contributed by atoms with Crippen LogP contribution >= 0.6 is 0 Å². The first-order chi connectivity index (χ1) is 29.3. The molecular formula is C55H35N3O. The molecule has 4 heteroatoms. The maximum atomic E-state index is 6.50. The first kappa shape index (κ1) is 32.4. The van der Waals surface area contributed by atoms with Gasteiger partial charge in [0.15, 0.2) is 0 Å². The highest BCUT2D eigenvalue weighted by Gasteiger charge is 2.22. The lowest BCUT2D eigenvalue weighted by molar-refractivity contribution is 0.669. The van der Waals surface area contributed by atoms with Gasteiger partial charge in [0.05, 0.1) is 27.8 Å². The van der Waals surface area contributed by atoms with Gasteiger partial charge < -0.3 is 13.6 Å². The van der Waals surface area contributed by atoms with E-state index in [1.165, 1.54) is 44.0 Å². The molecule has 4 aromatic heterocycles. The molecule has 0 saturated carbocycles. The second-order valence-electron chi connectivity index (χ2n) is 15.8. The third-order valence-corrected chi connectivity index (χ3v) is 12.5.